The number of halogens is 1. The summed E-state index contributed by atoms with van der Waals surface area (Å²) in [6.07, 6.45) is 0. The van der Waals surface area contributed by atoms with Gasteiger partial charge >= 0.3 is 0 Å². The summed E-state index contributed by atoms with van der Waals surface area (Å²) in [5, 5.41) is 7.49. The zero-order chi connectivity index (χ0) is 21.6. The van der Waals surface area contributed by atoms with Crippen molar-refractivity contribution in [3.63, 3.8) is 0 Å². The zero-order valence-electron chi connectivity index (χ0n) is 17.4. The van der Waals surface area contributed by atoms with Crippen molar-refractivity contribution in [2.75, 3.05) is 46.5 Å². The van der Waals surface area contributed by atoms with Crippen molar-refractivity contribution in [2.24, 2.45) is 0 Å². The van der Waals surface area contributed by atoms with Crippen LogP contribution in [0.2, 0.25) is 0 Å². The molecule has 0 spiro atoms. The summed E-state index contributed by atoms with van der Waals surface area (Å²) in [7, 11) is 1.59. The Bertz CT molecular complexity index is 1030. The maximum absolute atomic E-state index is 14.3. The topological polar surface area (TPSA) is 68.6 Å². The van der Waals surface area contributed by atoms with E-state index >= 15 is 0 Å². The minimum Gasteiger partial charge on any atom is -0.497 e. The first kappa shape index (κ1) is 21.0. The maximum Gasteiger partial charge on any atom is 0.270 e. The van der Waals surface area contributed by atoms with Crippen molar-refractivity contribution in [1.82, 2.24) is 20.0 Å². The van der Waals surface area contributed by atoms with Gasteiger partial charge in [0.1, 0.15) is 17.3 Å². The van der Waals surface area contributed by atoms with E-state index in [2.05, 4.69) is 15.3 Å². The van der Waals surface area contributed by atoms with E-state index in [1.54, 1.807) is 43.5 Å². The molecule has 1 aliphatic heterocycles. The van der Waals surface area contributed by atoms with Gasteiger partial charge < -0.3 is 14.8 Å². The Hall–Kier alpha value is -3.23. The van der Waals surface area contributed by atoms with E-state index in [-0.39, 0.29) is 11.7 Å². The summed E-state index contributed by atoms with van der Waals surface area (Å²) >= 11 is 0. The molecule has 0 aliphatic carbocycles. The van der Waals surface area contributed by atoms with E-state index in [0.29, 0.717) is 48.1 Å². The smallest absolute Gasteiger partial charge is 0.270 e. The summed E-state index contributed by atoms with van der Waals surface area (Å²) in [4.78, 5) is 15.2. The lowest BCUT2D eigenvalue weighted by Crippen LogP contribution is -2.41. The summed E-state index contributed by atoms with van der Waals surface area (Å²) in [6.45, 7) is 4.39. The van der Waals surface area contributed by atoms with Gasteiger partial charge in [0, 0.05) is 31.7 Å². The minimum atomic E-state index is -0.388. The molecule has 2 heterocycles. The van der Waals surface area contributed by atoms with Crippen LogP contribution < -0.4 is 10.1 Å². The van der Waals surface area contributed by atoms with Crippen molar-refractivity contribution >= 4 is 5.91 Å². The van der Waals surface area contributed by atoms with E-state index in [9.17, 15) is 9.18 Å². The van der Waals surface area contributed by atoms with Gasteiger partial charge in [0.2, 0.25) is 0 Å². The van der Waals surface area contributed by atoms with Gasteiger partial charge in [-0.15, -0.1) is 0 Å². The van der Waals surface area contributed by atoms with Crippen molar-refractivity contribution in [3.05, 3.63) is 66.1 Å². The van der Waals surface area contributed by atoms with E-state index in [1.165, 1.54) is 10.7 Å². The van der Waals surface area contributed by atoms with Crippen molar-refractivity contribution in [2.45, 2.75) is 0 Å². The average molecular weight is 424 g/mol. The maximum atomic E-state index is 14.3. The summed E-state index contributed by atoms with van der Waals surface area (Å²) in [5.74, 6) is 0.0436. The molecular formula is C23H25FN4O3. The number of carbonyl (C=O) groups excluding carboxylic acids is 1. The molecule has 0 bridgehead atoms. The Balaban J connectivity index is 1.59. The van der Waals surface area contributed by atoms with Gasteiger partial charge in [0.15, 0.2) is 0 Å². The Kier molecular flexibility index (Phi) is 6.59. The van der Waals surface area contributed by atoms with Crippen LogP contribution in [0.15, 0.2) is 54.6 Å². The number of nitrogens with one attached hydrogen (secondary N) is 1. The van der Waals surface area contributed by atoms with Crippen molar-refractivity contribution < 1.29 is 18.7 Å². The van der Waals surface area contributed by atoms with Crippen LogP contribution in [-0.4, -0.2) is 67.1 Å². The molecule has 1 saturated heterocycles. The molecule has 0 saturated carbocycles. The second-order valence-corrected chi connectivity index (χ2v) is 7.21. The van der Waals surface area contributed by atoms with Gasteiger partial charge in [0.05, 0.1) is 31.7 Å². The lowest BCUT2D eigenvalue weighted by molar-refractivity contribution is 0.0383. The van der Waals surface area contributed by atoms with Crippen LogP contribution in [0, 0.1) is 5.82 Å². The molecule has 1 aromatic heterocycles. The van der Waals surface area contributed by atoms with Crippen LogP contribution in [0.5, 0.6) is 5.75 Å². The number of aromatic nitrogens is 2. The third-order valence-corrected chi connectivity index (χ3v) is 5.23. The Morgan fingerprint density at radius 1 is 1.16 bits per heavy atom. The molecule has 0 radical (unpaired) electrons. The summed E-state index contributed by atoms with van der Waals surface area (Å²) < 4.78 is 26.4. The van der Waals surface area contributed by atoms with Gasteiger partial charge in [-0.1, -0.05) is 12.1 Å². The number of benzene rings is 2. The molecule has 4 rings (SSSR count). The zero-order valence-corrected chi connectivity index (χ0v) is 17.4. The van der Waals surface area contributed by atoms with Crippen LogP contribution in [-0.2, 0) is 4.74 Å². The number of rotatable bonds is 7. The predicted octanol–water partition coefficient (Wildman–Crippen LogP) is 2.75. The van der Waals surface area contributed by atoms with Gasteiger partial charge in [-0.3, -0.25) is 9.69 Å². The fourth-order valence-electron chi connectivity index (χ4n) is 3.51. The van der Waals surface area contributed by atoms with Gasteiger partial charge in [-0.05, 0) is 42.5 Å². The monoisotopic (exact) mass is 424 g/mol. The van der Waals surface area contributed by atoms with Crippen molar-refractivity contribution in [3.8, 4) is 22.7 Å². The number of hydrogen-bond donors (Lipinski definition) is 1. The van der Waals surface area contributed by atoms with E-state index in [1.807, 2.05) is 12.1 Å². The molecule has 1 aliphatic rings. The first-order valence-corrected chi connectivity index (χ1v) is 10.2. The molecule has 1 amide bonds. The van der Waals surface area contributed by atoms with Gasteiger partial charge in [-0.2, -0.15) is 5.10 Å². The molecule has 2 aromatic carbocycles. The van der Waals surface area contributed by atoms with E-state index in [4.69, 9.17) is 9.47 Å². The first-order valence-electron chi connectivity index (χ1n) is 10.2. The largest absolute Gasteiger partial charge is 0.497 e. The molecule has 1 fully saturated rings. The molecule has 1 N–H and O–H groups in total. The number of nitrogens with zero attached hydrogens (tertiary/aromatic N) is 3. The summed E-state index contributed by atoms with van der Waals surface area (Å²) in [6, 6.07) is 15.2. The molecule has 8 heteroatoms. The number of carbonyl (C=O) groups is 1. The number of ether oxygens (including phenoxy) is 2. The standard InChI is InChI=1S/C23H25FN4O3/c1-30-18-8-6-17(7-9-18)28-22(16-21(26-28)19-4-2-3-5-20(19)24)23(29)25-10-11-27-12-14-31-15-13-27/h2-9,16H,10-15H2,1H3,(H,25,29). The van der Waals surface area contributed by atoms with Crippen molar-refractivity contribution in [1.29, 1.82) is 0 Å². The summed E-state index contributed by atoms with van der Waals surface area (Å²) in [5.41, 5.74) is 1.76. The van der Waals surface area contributed by atoms with Crippen LogP contribution in [0.3, 0.4) is 0 Å². The molecule has 0 atom stereocenters. The number of morpholine rings is 1. The average Bonchev–Trinajstić information content (AvgIpc) is 3.25. The molecular weight excluding hydrogens is 399 g/mol. The van der Waals surface area contributed by atoms with Crippen LogP contribution in [0.1, 0.15) is 10.5 Å². The molecule has 31 heavy (non-hydrogen) atoms. The lowest BCUT2D eigenvalue weighted by atomic mass is 10.1. The number of amides is 1. The highest BCUT2D eigenvalue weighted by Crippen LogP contribution is 2.25. The normalized spacial score (nSPS) is 14.4. The van der Waals surface area contributed by atoms with Gasteiger partial charge in [-0.25, -0.2) is 9.07 Å². The molecule has 7 nitrogen and oxygen atoms in total. The highest BCUT2D eigenvalue weighted by Gasteiger charge is 2.19. The second-order valence-electron chi connectivity index (χ2n) is 7.21. The number of hydrogen-bond acceptors (Lipinski definition) is 5. The Morgan fingerprint density at radius 2 is 1.90 bits per heavy atom. The second kappa shape index (κ2) is 9.72. The van der Waals surface area contributed by atoms with Crippen LogP contribution >= 0.6 is 0 Å². The highest BCUT2D eigenvalue weighted by molar-refractivity contribution is 5.94. The predicted molar refractivity (Wildman–Crippen MR) is 115 cm³/mol. The quantitative estimate of drug-likeness (QED) is 0.632. The third kappa shape index (κ3) is 4.92. The van der Waals surface area contributed by atoms with E-state index in [0.717, 1.165) is 19.6 Å². The highest BCUT2D eigenvalue weighted by atomic mass is 19.1. The Labute approximate surface area is 180 Å². The SMILES string of the molecule is COc1ccc(-n2nc(-c3ccccc3F)cc2C(=O)NCCN2CCOCC2)cc1. The van der Waals surface area contributed by atoms with Gasteiger partial charge in [0.25, 0.3) is 5.91 Å². The first-order chi connectivity index (χ1) is 15.2. The minimum absolute atomic E-state index is 0.265. The third-order valence-electron chi connectivity index (χ3n) is 5.23. The van der Waals surface area contributed by atoms with Crippen LogP contribution in [0.25, 0.3) is 16.9 Å². The number of methoxy groups -OCH3 is 1. The van der Waals surface area contributed by atoms with E-state index < -0.39 is 0 Å². The fraction of sp³-hybridized carbons (Fsp3) is 0.304. The fourth-order valence-corrected chi connectivity index (χ4v) is 3.51. The molecule has 3 aromatic rings. The molecule has 162 valence electrons. The lowest BCUT2D eigenvalue weighted by Gasteiger charge is -2.26. The molecule has 0 unspecified atom stereocenters. The van der Waals surface area contributed by atoms with Crippen LogP contribution in [0.4, 0.5) is 4.39 Å². The Morgan fingerprint density at radius 3 is 2.61 bits per heavy atom.